The second-order valence-corrected chi connectivity index (χ2v) is 6.27. The van der Waals surface area contributed by atoms with Gasteiger partial charge in [0.25, 0.3) is 0 Å². The van der Waals surface area contributed by atoms with Crippen molar-refractivity contribution in [3.63, 3.8) is 0 Å². The third-order valence-electron chi connectivity index (χ3n) is 2.25. The average Bonchev–Trinajstić information content (AvgIpc) is 2.25. The van der Waals surface area contributed by atoms with Crippen molar-refractivity contribution in [1.82, 2.24) is 9.71 Å². The fourth-order valence-electron chi connectivity index (χ4n) is 1.30. The normalized spacial score (nSPS) is 13.6. The predicted molar refractivity (Wildman–Crippen MR) is 69.9 cm³/mol. The summed E-state index contributed by atoms with van der Waals surface area (Å²) in [6.07, 6.45) is 1.98. The van der Waals surface area contributed by atoms with Crippen LogP contribution in [0, 0.1) is 11.7 Å². The standard InChI is InChI=1S/C10H14FN3O2S2/c1-6(2)9(10(12)17)14-18(15,16)8-3-7(11)4-13-5-8/h3-6,9,14H,1-2H3,(H2,12,17). The maximum Gasteiger partial charge on any atom is 0.242 e. The topological polar surface area (TPSA) is 85.1 Å². The molecule has 18 heavy (non-hydrogen) atoms. The molecule has 1 aromatic heterocycles. The molecule has 0 saturated heterocycles. The second kappa shape index (κ2) is 5.68. The summed E-state index contributed by atoms with van der Waals surface area (Å²) in [5, 5.41) is 0. The van der Waals surface area contributed by atoms with Crippen molar-refractivity contribution >= 4 is 27.2 Å². The molecule has 1 rings (SSSR count). The quantitative estimate of drug-likeness (QED) is 0.784. The van der Waals surface area contributed by atoms with Crippen molar-refractivity contribution in [2.45, 2.75) is 24.8 Å². The van der Waals surface area contributed by atoms with Gasteiger partial charge < -0.3 is 5.73 Å². The van der Waals surface area contributed by atoms with E-state index in [0.717, 1.165) is 18.5 Å². The number of rotatable bonds is 5. The number of halogens is 1. The van der Waals surface area contributed by atoms with Crippen LogP contribution in [0.25, 0.3) is 0 Å². The average molecular weight is 291 g/mol. The van der Waals surface area contributed by atoms with E-state index in [9.17, 15) is 12.8 Å². The molecular formula is C10H14FN3O2S2. The Kier molecular flexibility index (Phi) is 4.71. The van der Waals surface area contributed by atoms with Gasteiger partial charge in [0, 0.05) is 6.20 Å². The van der Waals surface area contributed by atoms with Gasteiger partial charge in [-0.1, -0.05) is 26.1 Å². The van der Waals surface area contributed by atoms with Crippen LogP contribution < -0.4 is 10.5 Å². The zero-order valence-corrected chi connectivity index (χ0v) is 11.6. The Balaban J connectivity index is 3.05. The molecule has 1 atom stereocenters. The largest absolute Gasteiger partial charge is 0.392 e. The molecule has 0 aliphatic heterocycles. The van der Waals surface area contributed by atoms with E-state index in [-0.39, 0.29) is 15.8 Å². The second-order valence-electron chi connectivity index (χ2n) is 4.08. The summed E-state index contributed by atoms with van der Waals surface area (Å²) in [6.45, 7) is 3.55. The molecule has 0 spiro atoms. The van der Waals surface area contributed by atoms with Crippen LogP contribution in [0.15, 0.2) is 23.4 Å². The lowest BCUT2D eigenvalue weighted by Crippen LogP contribution is -2.46. The fourth-order valence-corrected chi connectivity index (χ4v) is 3.04. The number of nitrogens with zero attached hydrogens (tertiary/aromatic N) is 1. The van der Waals surface area contributed by atoms with Gasteiger partial charge in [-0.25, -0.2) is 17.5 Å². The molecule has 0 aliphatic rings. The van der Waals surface area contributed by atoms with Gasteiger partial charge in [-0.2, -0.15) is 0 Å². The van der Waals surface area contributed by atoms with Gasteiger partial charge in [-0.15, -0.1) is 0 Å². The number of aromatic nitrogens is 1. The van der Waals surface area contributed by atoms with Crippen molar-refractivity contribution in [3.05, 3.63) is 24.3 Å². The van der Waals surface area contributed by atoms with Gasteiger partial charge in [-0.3, -0.25) is 4.98 Å². The molecule has 0 radical (unpaired) electrons. The lowest BCUT2D eigenvalue weighted by molar-refractivity contribution is 0.525. The molecule has 8 heteroatoms. The molecule has 3 N–H and O–H groups in total. The highest BCUT2D eigenvalue weighted by Gasteiger charge is 2.24. The third kappa shape index (κ3) is 3.69. The molecule has 1 aromatic rings. The van der Waals surface area contributed by atoms with E-state index in [1.807, 2.05) is 0 Å². The van der Waals surface area contributed by atoms with Crippen molar-refractivity contribution in [3.8, 4) is 0 Å². The molecule has 0 aliphatic carbocycles. The van der Waals surface area contributed by atoms with E-state index in [4.69, 9.17) is 18.0 Å². The highest BCUT2D eigenvalue weighted by molar-refractivity contribution is 7.89. The smallest absolute Gasteiger partial charge is 0.242 e. The summed E-state index contributed by atoms with van der Waals surface area (Å²) < 4.78 is 39.2. The van der Waals surface area contributed by atoms with Crippen LogP contribution in [0.2, 0.25) is 0 Å². The first-order chi connectivity index (χ1) is 8.24. The maximum absolute atomic E-state index is 12.9. The van der Waals surface area contributed by atoms with E-state index >= 15 is 0 Å². The van der Waals surface area contributed by atoms with Crippen molar-refractivity contribution in [1.29, 1.82) is 0 Å². The summed E-state index contributed by atoms with van der Waals surface area (Å²) in [6, 6.07) is 0.194. The Morgan fingerprint density at radius 1 is 1.50 bits per heavy atom. The van der Waals surface area contributed by atoms with Crippen LogP contribution in [-0.2, 0) is 10.0 Å². The Bertz CT molecular complexity index is 546. The van der Waals surface area contributed by atoms with Gasteiger partial charge in [0.15, 0.2) is 0 Å². The van der Waals surface area contributed by atoms with Crippen LogP contribution in [-0.4, -0.2) is 24.4 Å². The zero-order valence-electron chi connectivity index (χ0n) is 9.92. The third-order valence-corrected chi connectivity index (χ3v) is 3.91. The van der Waals surface area contributed by atoms with Crippen LogP contribution in [0.5, 0.6) is 0 Å². The summed E-state index contributed by atoms with van der Waals surface area (Å²) >= 11 is 4.80. The minimum atomic E-state index is -3.89. The number of sulfonamides is 1. The molecule has 1 unspecified atom stereocenters. The van der Waals surface area contributed by atoms with Crippen LogP contribution >= 0.6 is 12.2 Å². The minimum absolute atomic E-state index is 0.0398. The highest BCUT2D eigenvalue weighted by atomic mass is 32.2. The highest BCUT2D eigenvalue weighted by Crippen LogP contribution is 2.12. The van der Waals surface area contributed by atoms with Gasteiger partial charge in [-0.05, 0) is 12.0 Å². The fraction of sp³-hybridized carbons (Fsp3) is 0.400. The lowest BCUT2D eigenvalue weighted by atomic mass is 10.1. The number of nitrogens with two attached hydrogens (primary N) is 1. The number of pyridine rings is 1. The van der Waals surface area contributed by atoms with Crippen LogP contribution in [0.3, 0.4) is 0 Å². The number of thiocarbonyl (C=S) groups is 1. The van der Waals surface area contributed by atoms with E-state index in [1.54, 1.807) is 13.8 Å². The summed E-state index contributed by atoms with van der Waals surface area (Å²) in [7, 11) is -3.89. The molecule has 0 saturated carbocycles. The van der Waals surface area contributed by atoms with Gasteiger partial charge >= 0.3 is 0 Å². The van der Waals surface area contributed by atoms with E-state index < -0.39 is 21.9 Å². The minimum Gasteiger partial charge on any atom is -0.392 e. The van der Waals surface area contributed by atoms with E-state index in [0.29, 0.717) is 0 Å². The molecule has 5 nitrogen and oxygen atoms in total. The molecule has 0 aromatic carbocycles. The van der Waals surface area contributed by atoms with Gasteiger partial charge in [0.2, 0.25) is 10.0 Å². The summed E-state index contributed by atoms with van der Waals surface area (Å²) in [5.41, 5.74) is 5.47. The maximum atomic E-state index is 12.9. The van der Waals surface area contributed by atoms with E-state index in [1.165, 1.54) is 0 Å². The Hall–Kier alpha value is -1.12. The summed E-state index contributed by atoms with van der Waals surface area (Å²) in [4.78, 5) is 3.27. The van der Waals surface area contributed by atoms with Crippen molar-refractivity contribution < 1.29 is 12.8 Å². The Labute approximate surface area is 111 Å². The molecule has 100 valence electrons. The Morgan fingerprint density at radius 2 is 2.11 bits per heavy atom. The first-order valence-electron chi connectivity index (χ1n) is 5.16. The number of hydrogen-bond acceptors (Lipinski definition) is 4. The molecule has 0 bridgehead atoms. The van der Waals surface area contributed by atoms with Crippen LogP contribution in [0.4, 0.5) is 4.39 Å². The van der Waals surface area contributed by atoms with Crippen LogP contribution in [0.1, 0.15) is 13.8 Å². The van der Waals surface area contributed by atoms with Crippen molar-refractivity contribution in [2.24, 2.45) is 11.7 Å². The Morgan fingerprint density at radius 3 is 2.56 bits per heavy atom. The first kappa shape index (κ1) is 14.9. The molecule has 0 amide bonds. The molecule has 0 fully saturated rings. The molecular weight excluding hydrogens is 277 g/mol. The van der Waals surface area contributed by atoms with Gasteiger partial charge in [0.05, 0.1) is 17.2 Å². The summed E-state index contributed by atoms with van der Waals surface area (Å²) in [5.74, 6) is -0.840. The monoisotopic (exact) mass is 291 g/mol. The van der Waals surface area contributed by atoms with E-state index in [2.05, 4.69) is 9.71 Å². The number of nitrogens with one attached hydrogen (secondary N) is 1. The lowest BCUT2D eigenvalue weighted by Gasteiger charge is -2.20. The van der Waals surface area contributed by atoms with Crippen molar-refractivity contribution in [2.75, 3.05) is 0 Å². The SMILES string of the molecule is CC(C)C(NS(=O)(=O)c1cncc(F)c1)C(N)=S. The zero-order chi connectivity index (χ0) is 13.9. The number of hydrogen-bond donors (Lipinski definition) is 2. The van der Waals surface area contributed by atoms with Gasteiger partial charge in [0.1, 0.15) is 10.7 Å². The predicted octanol–water partition coefficient (Wildman–Crippen LogP) is 0.810. The molecule has 1 heterocycles. The first-order valence-corrected chi connectivity index (χ1v) is 7.05.